The molecule has 2 aromatic rings. The van der Waals surface area contributed by atoms with Crippen LogP contribution in [0.25, 0.3) is 0 Å². The van der Waals surface area contributed by atoms with E-state index >= 15 is 0 Å². The lowest BCUT2D eigenvalue weighted by Crippen LogP contribution is -2.38. The lowest BCUT2D eigenvalue weighted by molar-refractivity contribution is -0.133. The Hall–Kier alpha value is -2.28. The molecule has 0 radical (unpaired) electrons. The predicted molar refractivity (Wildman–Crippen MR) is 117 cm³/mol. The van der Waals surface area contributed by atoms with Crippen LogP contribution in [0.5, 0.6) is 11.5 Å². The molecular formula is C23H28ClN3O3. The maximum absolute atomic E-state index is 13.2. The van der Waals surface area contributed by atoms with Gasteiger partial charge in [0.1, 0.15) is 0 Å². The third-order valence-corrected chi connectivity index (χ3v) is 6.50. The molecular weight excluding hydrogens is 402 g/mol. The van der Waals surface area contributed by atoms with Gasteiger partial charge in [0, 0.05) is 36.5 Å². The second-order valence-electron chi connectivity index (χ2n) is 8.02. The van der Waals surface area contributed by atoms with Crippen LogP contribution in [0, 0.1) is 5.92 Å². The van der Waals surface area contributed by atoms with Gasteiger partial charge >= 0.3 is 0 Å². The van der Waals surface area contributed by atoms with Crippen LogP contribution in [-0.2, 0) is 17.8 Å². The molecule has 7 heteroatoms. The summed E-state index contributed by atoms with van der Waals surface area (Å²) in [5.41, 5.74) is 10.1. The van der Waals surface area contributed by atoms with Crippen molar-refractivity contribution in [3.05, 3.63) is 58.1 Å². The van der Waals surface area contributed by atoms with Gasteiger partial charge in [0.05, 0.1) is 20.3 Å². The summed E-state index contributed by atoms with van der Waals surface area (Å²) in [7, 11) is 3.28. The number of nitrogens with one attached hydrogen (secondary N) is 2. The number of halogens is 1. The van der Waals surface area contributed by atoms with Crippen LogP contribution in [0.15, 0.2) is 36.4 Å². The average Bonchev–Trinajstić information content (AvgIpc) is 3.12. The van der Waals surface area contributed by atoms with Crippen LogP contribution >= 0.6 is 11.6 Å². The fraction of sp³-hybridized carbons (Fsp3) is 0.435. The van der Waals surface area contributed by atoms with Crippen molar-refractivity contribution in [2.24, 2.45) is 5.92 Å². The highest BCUT2D eigenvalue weighted by Crippen LogP contribution is 2.35. The molecule has 2 aliphatic heterocycles. The molecule has 0 saturated carbocycles. The zero-order chi connectivity index (χ0) is 21.3. The molecule has 1 saturated heterocycles. The summed E-state index contributed by atoms with van der Waals surface area (Å²) in [5.74, 6) is 1.77. The number of amides is 1. The standard InChI is InChI=1S/C23H28ClN3O3/c1-14-19(23(26-25-14)15-4-6-18(24)7-5-15)12-22(28)27-9-8-16-10-20(29-2)21(30-3)11-17(16)13-27/h4-7,10-11,14,19,23,25-26H,8-9,12-13H2,1-3H3. The van der Waals surface area contributed by atoms with E-state index < -0.39 is 0 Å². The SMILES string of the molecule is COc1cc2c(cc1OC)CN(C(=O)CC1C(C)NNC1c1ccc(Cl)cc1)CC2. The van der Waals surface area contributed by atoms with Crippen molar-refractivity contribution in [3.8, 4) is 11.5 Å². The highest BCUT2D eigenvalue weighted by atomic mass is 35.5. The largest absolute Gasteiger partial charge is 0.493 e. The number of ether oxygens (including phenoxy) is 2. The molecule has 2 aliphatic rings. The number of hydrogen-bond donors (Lipinski definition) is 2. The van der Waals surface area contributed by atoms with Gasteiger partial charge in [0.15, 0.2) is 11.5 Å². The Kier molecular flexibility index (Phi) is 6.18. The van der Waals surface area contributed by atoms with Gasteiger partial charge < -0.3 is 14.4 Å². The molecule has 2 N–H and O–H groups in total. The van der Waals surface area contributed by atoms with Gasteiger partial charge in [-0.3, -0.25) is 10.2 Å². The topological polar surface area (TPSA) is 62.8 Å². The van der Waals surface area contributed by atoms with E-state index in [1.54, 1.807) is 14.2 Å². The van der Waals surface area contributed by atoms with E-state index in [9.17, 15) is 4.79 Å². The number of benzene rings is 2. The molecule has 1 fully saturated rings. The molecule has 0 aromatic heterocycles. The number of hydrogen-bond acceptors (Lipinski definition) is 5. The minimum atomic E-state index is 0.0719. The molecule has 3 atom stereocenters. The van der Waals surface area contributed by atoms with Crippen LogP contribution in [0.3, 0.4) is 0 Å². The van der Waals surface area contributed by atoms with E-state index in [1.165, 1.54) is 5.56 Å². The lowest BCUT2D eigenvalue weighted by atomic mass is 9.87. The first-order valence-corrected chi connectivity index (χ1v) is 10.7. The summed E-state index contributed by atoms with van der Waals surface area (Å²) < 4.78 is 10.8. The van der Waals surface area contributed by atoms with Crippen LogP contribution in [0.4, 0.5) is 0 Å². The predicted octanol–water partition coefficient (Wildman–Crippen LogP) is 3.49. The minimum Gasteiger partial charge on any atom is -0.493 e. The number of nitrogens with zero attached hydrogens (tertiary/aromatic N) is 1. The maximum atomic E-state index is 13.2. The average molecular weight is 430 g/mol. The third kappa shape index (κ3) is 4.13. The first-order chi connectivity index (χ1) is 14.5. The number of carbonyl (C=O) groups is 1. The zero-order valence-electron chi connectivity index (χ0n) is 17.6. The van der Waals surface area contributed by atoms with E-state index in [0.717, 1.165) is 29.8 Å². The number of fused-ring (bicyclic) bond motifs is 1. The van der Waals surface area contributed by atoms with Crippen molar-refractivity contribution >= 4 is 17.5 Å². The van der Waals surface area contributed by atoms with E-state index in [1.807, 2.05) is 41.3 Å². The van der Waals surface area contributed by atoms with E-state index in [0.29, 0.717) is 23.7 Å². The summed E-state index contributed by atoms with van der Waals surface area (Å²) in [6.07, 6.45) is 1.30. The Balaban J connectivity index is 1.48. The van der Waals surface area contributed by atoms with Gasteiger partial charge in [-0.1, -0.05) is 23.7 Å². The fourth-order valence-electron chi connectivity index (χ4n) is 4.45. The fourth-order valence-corrected chi connectivity index (χ4v) is 4.57. The molecule has 0 bridgehead atoms. The summed E-state index contributed by atoms with van der Waals surface area (Å²) in [6, 6.07) is 12.1. The van der Waals surface area contributed by atoms with E-state index in [2.05, 4.69) is 17.8 Å². The van der Waals surface area contributed by atoms with Gasteiger partial charge in [0.2, 0.25) is 5.91 Å². The van der Waals surface area contributed by atoms with Crippen molar-refractivity contribution in [2.75, 3.05) is 20.8 Å². The Bertz CT molecular complexity index is 919. The van der Waals surface area contributed by atoms with Crippen molar-refractivity contribution in [2.45, 2.75) is 38.4 Å². The summed E-state index contributed by atoms with van der Waals surface area (Å²) in [4.78, 5) is 15.2. The second kappa shape index (κ2) is 8.84. The quantitative estimate of drug-likeness (QED) is 0.761. The second-order valence-corrected chi connectivity index (χ2v) is 8.45. The maximum Gasteiger partial charge on any atom is 0.223 e. The molecule has 2 aromatic carbocycles. The highest BCUT2D eigenvalue weighted by Gasteiger charge is 2.37. The Morgan fingerprint density at radius 2 is 1.77 bits per heavy atom. The number of carbonyl (C=O) groups excluding carboxylic acids is 1. The molecule has 0 aliphatic carbocycles. The van der Waals surface area contributed by atoms with Gasteiger partial charge in [0.25, 0.3) is 0 Å². The van der Waals surface area contributed by atoms with Crippen LogP contribution in [-0.4, -0.2) is 37.6 Å². The first kappa shape index (κ1) is 21.0. The van der Waals surface area contributed by atoms with Crippen molar-refractivity contribution in [1.82, 2.24) is 15.8 Å². The minimum absolute atomic E-state index is 0.0719. The normalized spacial score (nSPS) is 23.2. The Labute approximate surface area is 182 Å². The van der Waals surface area contributed by atoms with Crippen molar-refractivity contribution in [3.63, 3.8) is 0 Å². The summed E-state index contributed by atoms with van der Waals surface area (Å²) in [5, 5.41) is 0.712. The Morgan fingerprint density at radius 3 is 2.43 bits per heavy atom. The van der Waals surface area contributed by atoms with Crippen LogP contribution in [0.2, 0.25) is 5.02 Å². The molecule has 2 heterocycles. The van der Waals surface area contributed by atoms with Gasteiger partial charge in [-0.2, -0.15) is 0 Å². The van der Waals surface area contributed by atoms with E-state index in [-0.39, 0.29) is 23.9 Å². The summed E-state index contributed by atoms with van der Waals surface area (Å²) in [6.45, 7) is 3.43. The highest BCUT2D eigenvalue weighted by molar-refractivity contribution is 6.30. The molecule has 30 heavy (non-hydrogen) atoms. The van der Waals surface area contributed by atoms with Crippen LogP contribution < -0.4 is 20.3 Å². The molecule has 0 spiro atoms. The van der Waals surface area contributed by atoms with E-state index in [4.69, 9.17) is 21.1 Å². The smallest absolute Gasteiger partial charge is 0.223 e. The third-order valence-electron chi connectivity index (χ3n) is 6.25. The zero-order valence-corrected chi connectivity index (χ0v) is 18.3. The molecule has 160 valence electrons. The number of methoxy groups -OCH3 is 2. The van der Waals surface area contributed by atoms with Crippen molar-refractivity contribution in [1.29, 1.82) is 0 Å². The van der Waals surface area contributed by atoms with Gasteiger partial charge in [-0.15, -0.1) is 0 Å². The van der Waals surface area contributed by atoms with Crippen molar-refractivity contribution < 1.29 is 14.3 Å². The molecule has 6 nitrogen and oxygen atoms in total. The molecule has 1 amide bonds. The van der Waals surface area contributed by atoms with Gasteiger partial charge in [-0.05, 0) is 54.3 Å². The first-order valence-electron chi connectivity index (χ1n) is 10.3. The lowest BCUT2D eigenvalue weighted by Gasteiger charge is -2.31. The summed E-state index contributed by atoms with van der Waals surface area (Å²) >= 11 is 6.04. The monoisotopic (exact) mass is 429 g/mol. The Morgan fingerprint density at radius 1 is 1.10 bits per heavy atom. The number of rotatable bonds is 5. The number of hydrazine groups is 1. The molecule has 4 rings (SSSR count). The van der Waals surface area contributed by atoms with Crippen LogP contribution in [0.1, 0.15) is 36.1 Å². The molecule has 3 unspecified atom stereocenters. The van der Waals surface area contributed by atoms with Gasteiger partial charge in [-0.25, -0.2) is 5.43 Å².